The molecule has 6 unspecified atom stereocenters. The van der Waals surface area contributed by atoms with Crippen LogP contribution in [0.25, 0.3) is 0 Å². The minimum Gasteiger partial charge on any atom is -0.393 e. The summed E-state index contributed by atoms with van der Waals surface area (Å²) in [5.41, 5.74) is 6.97. The van der Waals surface area contributed by atoms with Crippen LogP contribution in [0.3, 0.4) is 0 Å². The van der Waals surface area contributed by atoms with Crippen LogP contribution < -0.4 is 16.4 Å². The zero-order chi connectivity index (χ0) is 28.2. The number of ketones is 1. The minimum absolute atomic E-state index is 0.145. The largest absolute Gasteiger partial charge is 0.393 e. The van der Waals surface area contributed by atoms with E-state index < -0.39 is 0 Å². The molecule has 5 N–H and O–H groups in total. The molecule has 4 fully saturated rings. The van der Waals surface area contributed by atoms with Gasteiger partial charge >= 0.3 is 0 Å². The van der Waals surface area contributed by atoms with Gasteiger partial charge in [-0.05, 0) is 162 Å². The normalized spacial score (nSPS) is 40.4. The van der Waals surface area contributed by atoms with E-state index in [1.54, 1.807) is 0 Å². The molecule has 39 heavy (non-hydrogen) atoms. The maximum Gasteiger partial charge on any atom is 0.157 e. The zero-order valence-electron chi connectivity index (χ0n) is 25.8. The topological polar surface area (TPSA) is 87.4 Å². The van der Waals surface area contributed by atoms with Gasteiger partial charge in [-0.25, -0.2) is 0 Å². The van der Waals surface area contributed by atoms with Crippen LogP contribution in [0, 0.1) is 46.3 Å². The highest BCUT2D eigenvalue weighted by atomic mass is 16.3. The van der Waals surface area contributed by atoms with E-state index in [2.05, 4.69) is 38.0 Å². The number of hydrogen-bond donors (Lipinski definition) is 4. The lowest BCUT2D eigenvalue weighted by Crippen LogP contribution is -2.59. The molecular formula is C34H61N3O2. The molecule has 5 heteroatoms. The summed E-state index contributed by atoms with van der Waals surface area (Å²) < 4.78 is 0. The number of nitrogens with two attached hydrogens (primary N) is 1. The third-order valence-corrected chi connectivity index (χ3v) is 12.5. The van der Waals surface area contributed by atoms with Crippen molar-refractivity contribution in [2.45, 2.75) is 123 Å². The second kappa shape index (κ2) is 13.5. The summed E-state index contributed by atoms with van der Waals surface area (Å²) in [6, 6.07) is 0.608. The number of carbonyl (C=O) groups excluding carboxylic acids is 1. The molecule has 0 aromatic carbocycles. The molecule has 0 amide bonds. The molecule has 0 saturated heterocycles. The van der Waals surface area contributed by atoms with E-state index in [0.717, 1.165) is 45.4 Å². The van der Waals surface area contributed by atoms with Crippen LogP contribution >= 0.6 is 0 Å². The lowest BCUT2D eigenvalue weighted by molar-refractivity contribution is -0.167. The van der Waals surface area contributed by atoms with Crippen molar-refractivity contribution < 1.29 is 9.90 Å². The SMILES string of the molecule is C=C(C)C(=O)CCC(C)C1CCC2C3C(O)C[C@H]4C[C@@H](NCCCNCCCCN)CC[C@]4(C)C3CC[C@]12C. The Labute approximate surface area is 239 Å². The highest BCUT2D eigenvalue weighted by molar-refractivity contribution is 5.94. The van der Waals surface area contributed by atoms with E-state index in [9.17, 15) is 9.90 Å². The number of carbonyl (C=O) groups is 1. The number of allylic oxidation sites excluding steroid dienone is 1. The van der Waals surface area contributed by atoms with Crippen LogP contribution in [0.2, 0.25) is 0 Å². The molecule has 4 aliphatic rings. The lowest BCUT2D eigenvalue weighted by Gasteiger charge is -2.62. The summed E-state index contributed by atoms with van der Waals surface area (Å²) >= 11 is 0. The number of aliphatic hydroxyl groups is 1. The zero-order valence-corrected chi connectivity index (χ0v) is 25.8. The molecular weight excluding hydrogens is 482 g/mol. The Hall–Kier alpha value is -0.750. The molecule has 4 rings (SSSR count). The van der Waals surface area contributed by atoms with E-state index >= 15 is 0 Å². The average Bonchev–Trinajstić information content (AvgIpc) is 3.26. The van der Waals surface area contributed by atoms with Gasteiger partial charge in [0.1, 0.15) is 0 Å². The number of rotatable bonds is 14. The van der Waals surface area contributed by atoms with Crippen molar-refractivity contribution in [3.8, 4) is 0 Å². The molecule has 4 aliphatic carbocycles. The first kappa shape index (κ1) is 31.2. The number of nitrogens with one attached hydrogen (secondary N) is 2. The van der Waals surface area contributed by atoms with Gasteiger partial charge in [-0.15, -0.1) is 0 Å². The maximum absolute atomic E-state index is 12.2. The Morgan fingerprint density at radius 1 is 1.00 bits per heavy atom. The standard InChI is InChI=1S/C34H61N3O2/c1-23(2)30(38)12-9-24(3)27-10-11-28-32-29(14-16-34(27,28)5)33(4)15-13-26(21-25(33)22-31(32)39)37-20-8-19-36-18-7-6-17-35/h24-29,31-32,36-37,39H,1,6-22,35H2,2-5H3/t24?,25-,26+,27?,28?,29?,31?,32?,33+,34-/m1/s1. The van der Waals surface area contributed by atoms with Crippen molar-refractivity contribution in [2.75, 3.05) is 26.2 Å². The predicted octanol–water partition coefficient (Wildman–Crippen LogP) is 5.85. The van der Waals surface area contributed by atoms with Crippen molar-refractivity contribution in [3.05, 3.63) is 12.2 Å². The van der Waals surface area contributed by atoms with Gasteiger partial charge in [0.15, 0.2) is 5.78 Å². The fraction of sp³-hybridized carbons (Fsp3) is 0.912. The Kier molecular flexibility index (Phi) is 10.8. The minimum atomic E-state index is -0.145. The summed E-state index contributed by atoms with van der Waals surface area (Å²) in [5, 5.41) is 19.1. The third-order valence-electron chi connectivity index (χ3n) is 12.5. The molecule has 0 aromatic heterocycles. The molecule has 0 radical (unpaired) electrons. The summed E-state index contributed by atoms with van der Waals surface area (Å²) in [7, 11) is 0. The van der Waals surface area contributed by atoms with E-state index in [1.165, 1.54) is 57.8 Å². The molecule has 0 heterocycles. The molecule has 0 spiro atoms. The van der Waals surface area contributed by atoms with Crippen molar-refractivity contribution >= 4 is 5.78 Å². The van der Waals surface area contributed by atoms with E-state index in [4.69, 9.17) is 5.73 Å². The number of aliphatic hydroxyl groups excluding tert-OH is 1. The van der Waals surface area contributed by atoms with Gasteiger partial charge in [-0.3, -0.25) is 4.79 Å². The molecule has 4 saturated carbocycles. The molecule has 5 nitrogen and oxygen atoms in total. The number of Topliss-reactive ketones (excluding diaryl/α,β-unsaturated/α-hetero) is 1. The maximum atomic E-state index is 12.2. The van der Waals surface area contributed by atoms with E-state index in [0.29, 0.717) is 64.4 Å². The number of hydrogen-bond acceptors (Lipinski definition) is 5. The molecule has 0 aromatic rings. The third kappa shape index (κ3) is 6.68. The predicted molar refractivity (Wildman–Crippen MR) is 162 cm³/mol. The summed E-state index contributed by atoms with van der Waals surface area (Å²) in [6.07, 6.45) is 14.9. The fourth-order valence-electron chi connectivity index (χ4n) is 10.2. The van der Waals surface area contributed by atoms with E-state index in [1.807, 2.05) is 6.92 Å². The second-order valence-corrected chi connectivity index (χ2v) is 14.8. The number of unbranched alkanes of at least 4 members (excludes halogenated alkanes) is 1. The van der Waals surface area contributed by atoms with Gasteiger partial charge in [-0.1, -0.05) is 27.4 Å². The van der Waals surface area contributed by atoms with Crippen molar-refractivity contribution in [1.29, 1.82) is 0 Å². The highest BCUT2D eigenvalue weighted by Gasteiger charge is 2.62. The van der Waals surface area contributed by atoms with Crippen LogP contribution in [-0.4, -0.2) is 49.2 Å². The van der Waals surface area contributed by atoms with Crippen LogP contribution in [0.15, 0.2) is 12.2 Å². The van der Waals surface area contributed by atoms with Crippen molar-refractivity contribution in [2.24, 2.45) is 52.1 Å². The lowest BCUT2D eigenvalue weighted by atomic mass is 9.43. The van der Waals surface area contributed by atoms with Crippen LogP contribution in [-0.2, 0) is 4.79 Å². The Balaban J connectivity index is 1.31. The molecule has 224 valence electrons. The second-order valence-electron chi connectivity index (χ2n) is 14.8. The van der Waals surface area contributed by atoms with Crippen molar-refractivity contribution in [1.82, 2.24) is 10.6 Å². The van der Waals surface area contributed by atoms with Crippen molar-refractivity contribution in [3.63, 3.8) is 0 Å². The van der Waals surface area contributed by atoms with Gasteiger partial charge in [0.05, 0.1) is 6.10 Å². The van der Waals surface area contributed by atoms with E-state index in [-0.39, 0.29) is 11.9 Å². The Morgan fingerprint density at radius 3 is 2.46 bits per heavy atom. The first-order valence-electron chi connectivity index (χ1n) is 16.6. The van der Waals surface area contributed by atoms with Gasteiger partial charge in [0.25, 0.3) is 0 Å². The van der Waals surface area contributed by atoms with Gasteiger partial charge < -0.3 is 21.5 Å². The fourth-order valence-corrected chi connectivity index (χ4v) is 10.2. The highest BCUT2D eigenvalue weighted by Crippen LogP contribution is 2.68. The van der Waals surface area contributed by atoms with Gasteiger partial charge in [0.2, 0.25) is 0 Å². The Morgan fingerprint density at radius 2 is 1.72 bits per heavy atom. The van der Waals surface area contributed by atoms with Gasteiger partial charge in [-0.2, -0.15) is 0 Å². The number of fused-ring (bicyclic) bond motifs is 5. The first-order valence-corrected chi connectivity index (χ1v) is 16.6. The molecule has 0 aliphatic heterocycles. The van der Waals surface area contributed by atoms with Gasteiger partial charge in [0, 0.05) is 12.5 Å². The smallest absolute Gasteiger partial charge is 0.157 e. The summed E-state index contributed by atoms with van der Waals surface area (Å²) in [6.45, 7) is 17.3. The first-order chi connectivity index (χ1) is 18.6. The Bertz CT molecular complexity index is 831. The summed E-state index contributed by atoms with van der Waals surface area (Å²) in [4.78, 5) is 12.2. The monoisotopic (exact) mass is 543 g/mol. The van der Waals surface area contributed by atoms with Crippen LogP contribution in [0.4, 0.5) is 0 Å². The van der Waals surface area contributed by atoms with Crippen LogP contribution in [0.1, 0.15) is 111 Å². The molecule has 0 bridgehead atoms. The average molecular weight is 544 g/mol. The quantitative estimate of drug-likeness (QED) is 0.163. The van der Waals surface area contributed by atoms with Crippen LogP contribution in [0.5, 0.6) is 0 Å². The summed E-state index contributed by atoms with van der Waals surface area (Å²) in [5.74, 6) is 3.88. The molecule has 10 atom stereocenters.